The first-order valence-corrected chi connectivity index (χ1v) is 5.39. The SMILES string of the molecule is O=C1Oc2ccccc2[C@]1(F)c1ccc(F)cc1. The summed E-state index contributed by atoms with van der Waals surface area (Å²) in [4.78, 5) is 11.7. The van der Waals surface area contributed by atoms with E-state index < -0.39 is 17.5 Å². The van der Waals surface area contributed by atoms with E-state index in [1.54, 1.807) is 12.1 Å². The molecule has 90 valence electrons. The Morgan fingerprint density at radius 3 is 2.39 bits per heavy atom. The van der Waals surface area contributed by atoms with E-state index in [-0.39, 0.29) is 16.9 Å². The van der Waals surface area contributed by atoms with Crippen LogP contribution in [0, 0.1) is 5.82 Å². The highest BCUT2D eigenvalue weighted by Gasteiger charge is 2.51. The van der Waals surface area contributed by atoms with E-state index in [2.05, 4.69) is 0 Å². The molecule has 1 heterocycles. The smallest absolute Gasteiger partial charge is 0.358 e. The number of para-hydroxylation sites is 1. The molecule has 0 saturated carbocycles. The van der Waals surface area contributed by atoms with Gasteiger partial charge in [0.15, 0.2) is 0 Å². The summed E-state index contributed by atoms with van der Waals surface area (Å²) in [6, 6.07) is 11.0. The Balaban J connectivity index is 2.20. The van der Waals surface area contributed by atoms with Crippen LogP contribution in [-0.4, -0.2) is 5.97 Å². The van der Waals surface area contributed by atoms with Gasteiger partial charge in [-0.2, -0.15) is 0 Å². The van der Waals surface area contributed by atoms with Crippen LogP contribution in [0.4, 0.5) is 8.78 Å². The van der Waals surface area contributed by atoms with E-state index in [0.29, 0.717) is 0 Å². The standard InChI is InChI=1S/C14H8F2O2/c15-10-7-5-9(6-8-10)14(16)11-3-1-2-4-12(11)18-13(14)17/h1-8H/t14-/m1/s1. The van der Waals surface area contributed by atoms with Crippen LogP contribution in [0.5, 0.6) is 5.75 Å². The van der Waals surface area contributed by atoms with E-state index in [1.165, 1.54) is 24.3 Å². The van der Waals surface area contributed by atoms with Crippen molar-refractivity contribution in [2.24, 2.45) is 0 Å². The van der Waals surface area contributed by atoms with E-state index in [0.717, 1.165) is 12.1 Å². The summed E-state index contributed by atoms with van der Waals surface area (Å²) in [5.74, 6) is -1.27. The molecule has 1 aliphatic rings. The number of hydrogen-bond donors (Lipinski definition) is 0. The van der Waals surface area contributed by atoms with Gasteiger partial charge in [0.25, 0.3) is 5.67 Å². The molecule has 4 heteroatoms. The molecule has 0 bridgehead atoms. The molecule has 0 aromatic heterocycles. The average Bonchev–Trinajstić information content (AvgIpc) is 2.64. The highest BCUT2D eigenvalue weighted by atomic mass is 19.1. The molecule has 0 saturated heterocycles. The zero-order valence-corrected chi connectivity index (χ0v) is 9.19. The van der Waals surface area contributed by atoms with Crippen molar-refractivity contribution >= 4 is 5.97 Å². The molecule has 0 amide bonds. The third-order valence-electron chi connectivity index (χ3n) is 2.98. The van der Waals surface area contributed by atoms with Gasteiger partial charge in [-0.1, -0.05) is 30.3 Å². The minimum Gasteiger partial charge on any atom is -0.423 e. The second kappa shape index (κ2) is 3.63. The summed E-state index contributed by atoms with van der Waals surface area (Å²) < 4.78 is 32.7. The van der Waals surface area contributed by atoms with E-state index in [1.807, 2.05) is 0 Å². The van der Waals surface area contributed by atoms with Crippen LogP contribution in [-0.2, 0) is 10.5 Å². The monoisotopic (exact) mass is 246 g/mol. The second-order valence-corrected chi connectivity index (χ2v) is 4.05. The van der Waals surface area contributed by atoms with Crippen LogP contribution in [0.15, 0.2) is 48.5 Å². The molecule has 1 atom stereocenters. The van der Waals surface area contributed by atoms with Crippen molar-refractivity contribution in [1.29, 1.82) is 0 Å². The van der Waals surface area contributed by atoms with Crippen molar-refractivity contribution in [2.75, 3.05) is 0 Å². The predicted molar refractivity (Wildman–Crippen MR) is 60.4 cm³/mol. The fourth-order valence-electron chi connectivity index (χ4n) is 2.07. The van der Waals surface area contributed by atoms with Gasteiger partial charge in [0.1, 0.15) is 11.6 Å². The molecule has 0 unspecified atom stereocenters. The lowest BCUT2D eigenvalue weighted by molar-refractivity contribution is -0.142. The molecule has 0 N–H and O–H groups in total. The highest BCUT2D eigenvalue weighted by Crippen LogP contribution is 2.45. The lowest BCUT2D eigenvalue weighted by Crippen LogP contribution is -2.29. The van der Waals surface area contributed by atoms with E-state index in [4.69, 9.17) is 4.74 Å². The second-order valence-electron chi connectivity index (χ2n) is 4.05. The summed E-state index contributed by atoms with van der Waals surface area (Å²) in [7, 11) is 0. The van der Waals surface area contributed by atoms with Gasteiger partial charge in [-0.25, -0.2) is 13.6 Å². The first-order chi connectivity index (χ1) is 8.62. The molecule has 1 aliphatic heterocycles. The van der Waals surface area contributed by atoms with Crippen molar-refractivity contribution in [3.05, 3.63) is 65.5 Å². The molecule has 2 aromatic rings. The maximum atomic E-state index is 15.0. The van der Waals surface area contributed by atoms with Crippen LogP contribution < -0.4 is 4.74 Å². The molecule has 0 spiro atoms. The summed E-state index contributed by atoms with van der Waals surface area (Å²) in [6.45, 7) is 0. The number of fused-ring (bicyclic) bond motifs is 1. The fourth-order valence-corrected chi connectivity index (χ4v) is 2.07. The Bertz CT molecular complexity index is 622. The third-order valence-corrected chi connectivity index (χ3v) is 2.98. The topological polar surface area (TPSA) is 26.3 Å². The summed E-state index contributed by atoms with van der Waals surface area (Å²) >= 11 is 0. The minimum absolute atomic E-state index is 0.0684. The molecule has 3 rings (SSSR count). The molecular formula is C14H8F2O2. The number of halogens is 2. The predicted octanol–water partition coefficient (Wildman–Crippen LogP) is 2.96. The number of esters is 1. The Morgan fingerprint density at radius 2 is 1.67 bits per heavy atom. The molecular weight excluding hydrogens is 238 g/mol. The van der Waals surface area contributed by atoms with Gasteiger partial charge in [-0.15, -0.1) is 0 Å². The summed E-state index contributed by atoms with van der Waals surface area (Å²) in [5, 5.41) is 0. The van der Waals surface area contributed by atoms with Crippen molar-refractivity contribution in [3.8, 4) is 5.75 Å². The zero-order valence-electron chi connectivity index (χ0n) is 9.19. The van der Waals surface area contributed by atoms with Crippen LogP contribution in [0.2, 0.25) is 0 Å². The first kappa shape index (κ1) is 10.9. The summed E-state index contributed by atoms with van der Waals surface area (Å²) in [6.07, 6.45) is 0. The van der Waals surface area contributed by atoms with Gasteiger partial charge in [-0.3, -0.25) is 0 Å². The van der Waals surface area contributed by atoms with Gasteiger partial charge in [0, 0.05) is 11.1 Å². The Hall–Kier alpha value is -2.23. The lowest BCUT2D eigenvalue weighted by atomic mass is 9.89. The maximum absolute atomic E-state index is 15.0. The molecule has 0 aliphatic carbocycles. The van der Waals surface area contributed by atoms with Crippen molar-refractivity contribution < 1.29 is 18.3 Å². The van der Waals surface area contributed by atoms with E-state index in [9.17, 15) is 13.6 Å². The number of alkyl halides is 1. The molecule has 18 heavy (non-hydrogen) atoms. The van der Waals surface area contributed by atoms with Gasteiger partial charge in [0.2, 0.25) is 0 Å². The Labute approximate surface area is 102 Å². The maximum Gasteiger partial charge on any atom is 0.358 e. The summed E-state index contributed by atoms with van der Waals surface area (Å²) in [5.41, 5.74) is -2.13. The van der Waals surface area contributed by atoms with Gasteiger partial charge in [0.05, 0.1) is 0 Å². The number of carbonyl (C=O) groups excluding carboxylic acids is 1. The Morgan fingerprint density at radius 1 is 1.00 bits per heavy atom. The van der Waals surface area contributed by atoms with Crippen LogP contribution in [0.1, 0.15) is 11.1 Å². The zero-order chi connectivity index (χ0) is 12.8. The van der Waals surface area contributed by atoms with Crippen molar-refractivity contribution in [3.63, 3.8) is 0 Å². The molecule has 0 fully saturated rings. The highest BCUT2D eigenvalue weighted by molar-refractivity contribution is 5.92. The minimum atomic E-state index is -2.36. The van der Waals surface area contributed by atoms with Gasteiger partial charge >= 0.3 is 5.97 Å². The molecule has 0 radical (unpaired) electrons. The normalized spacial score (nSPS) is 21.6. The van der Waals surface area contributed by atoms with E-state index >= 15 is 0 Å². The number of benzene rings is 2. The molecule has 2 nitrogen and oxygen atoms in total. The number of hydrogen-bond acceptors (Lipinski definition) is 2. The third kappa shape index (κ3) is 1.35. The van der Waals surface area contributed by atoms with Gasteiger partial charge < -0.3 is 4.74 Å². The van der Waals surface area contributed by atoms with Crippen LogP contribution in [0.3, 0.4) is 0 Å². The number of ether oxygens (including phenoxy) is 1. The van der Waals surface area contributed by atoms with Gasteiger partial charge in [-0.05, 0) is 18.2 Å². The first-order valence-electron chi connectivity index (χ1n) is 5.39. The van der Waals surface area contributed by atoms with Crippen molar-refractivity contribution in [1.82, 2.24) is 0 Å². The van der Waals surface area contributed by atoms with Crippen LogP contribution in [0.25, 0.3) is 0 Å². The average molecular weight is 246 g/mol. The number of carbonyl (C=O) groups is 1. The van der Waals surface area contributed by atoms with Crippen molar-refractivity contribution in [2.45, 2.75) is 5.67 Å². The largest absolute Gasteiger partial charge is 0.423 e. The Kier molecular flexibility index (Phi) is 2.20. The quantitative estimate of drug-likeness (QED) is 0.571. The van der Waals surface area contributed by atoms with Crippen LogP contribution >= 0.6 is 0 Å². The molecule has 2 aromatic carbocycles. The lowest BCUT2D eigenvalue weighted by Gasteiger charge is -2.16. The fraction of sp³-hybridized carbons (Fsp3) is 0.0714. The number of rotatable bonds is 1.